The van der Waals surface area contributed by atoms with Gasteiger partial charge in [-0.05, 0) is 42.0 Å². The van der Waals surface area contributed by atoms with Gasteiger partial charge in [0.1, 0.15) is 29.2 Å². The van der Waals surface area contributed by atoms with Crippen LogP contribution in [0.4, 0.5) is 0 Å². The number of fused-ring (bicyclic) bond motifs is 1. The maximum atomic E-state index is 10.6. The Balaban J connectivity index is 1.55. The molecule has 1 heterocycles. The fourth-order valence-electron chi connectivity index (χ4n) is 2.77. The number of ether oxygens (including phenoxy) is 2. The Hall–Kier alpha value is -3.31. The van der Waals surface area contributed by atoms with Crippen LogP contribution in [0.15, 0.2) is 72.8 Å². The SMILES string of the molecule is COc1ccc2nc(C(O)c3ccc(Oc4ccccc4)cc3)[nH]c2c1. The molecule has 2 N–H and O–H groups in total. The van der Waals surface area contributed by atoms with Crippen molar-refractivity contribution in [1.82, 2.24) is 9.97 Å². The zero-order valence-electron chi connectivity index (χ0n) is 14.2. The molecule has 0 fully saturated rings. The van der Waals surface area contributed by atoms with Crippen LogP contribution >= 0.6 is 0 Å². The molecule has 26 heavy (non-hydrogen) atoms. The van der Waals surface area contributed by atoms with Crippen molar-refractivity contribution in [1.29, 1.82) is 0 Å². The first-order valence-electron chi connectivity index (χ1n) is 8.27. The maximum Gasteiger partial charge on any atom is 0.140 e. The summed E-state index contributed by atoms with van der Waals surface area (Å²) >= 11 is 0. The summed E-state index contributed by atoms with van der Waals surface area (Å²) in [6.45, 7) is 0. The van der Waals surface area contributed by atoms with Gasteiger partial charge in [-0.2, -0.15) is 0 Å². The quantitative estimate of drug-likeness (QED) is 0.560. The third-order valence-electron chi connectivity index (χ3n) is 4.14. The monoisotopic (exact) mass is 346 g/mol. The van der Waals surface area contributed by atoms with Crippen LogP contribution in [-0.2, 0) is 0 Å². The Morgan fingerprint density at radius 1 is 0.885 bits per heavy atom. The van der Waals surface area contributed by atoms with Crippen LogP contribution in [0.3, 0.4) is 0 Å². The normalized spacial score (nSPS) is 12.1. The van der Waals surface area contributed by atoms with E-state index in [1.165, 1.54) is 0 Å². The summed E-state index contributed by atoms with van der Waals surface area (Å²) in [6.07, 6.45) is -0.848. The van der Waals surface area contributed by atoms with E-state index >= 15 is 0 Å². The van der Waals surface area contributed by atoms with Crippen molar-refractivity contribution in [3.05, 3.63) is 84.2 Å². The van der Waals surface area contributed by atoms with Gasteiger partial charge >= 0.3 is 0 Å². The molecule has 1 aromatic heterocycles. The molecular formula is C21H18N2O3. The molecule has 0 bridgehead atoms. The number of aromatic nitrogens is 2. The molecule has 4 rings (SSSR count). The third kappa shape index (κ3) is 3.25. The predicted molar refractivity (Wildman–Crippen MR) is 99.7 cm³/mol. The molecule has 0 aliphatic carbocycles. The molecule has 0 spiro atoms. The van der Waals surface area contributed by atoms with E-state index < -0.39 is 6.10 Å². The second-order valence-electron chi connectivity index (χ2n) is 5.89. The van der Waals surface area contributed by atoms with Crippen LogP contribution in [0.1, 0.15) is 17.5 Å². The number of imidazole rings is 1. The van der Waals surface area contributed by atoms with Crippen molar-refractivity contribution < 1.29 is 14.6 Å². The van der Waals surface area contributed by atoms with E-state index in [0.717, 1.165) is 28.1 Å². The number of rotatable bonds is 5. The number of H-pyrrole nitrogens is 1. The molecule has 4 aromatic rings. The summed E-state index contributed by atoms with van der Waals surface area (Å²) in [5.74, 6) is 2.71. The second kappa shape index (κ2) is 6.90. The number of para-hydroxylation sites is 1. The highest BCUT2D eigenvalue weighted by Gasteiger charge is 2.15. The highest BCUT2D eigenvalue weighted by molar-refractivity contribution is 5.77. The van der Waals surface area contributed by atoms with Gasteiger partial charge in [0.15, 0.2) is 0 Å². The number of hydrogen-bond donors (Lipinski definition) is 2. The van der Waals surface area contributed by atoms with Crippen LogP contribution < -0.4 is 9.47 Å². The standard InChI is InChI=1S/C21H18N2O3/c1-25-17-11-12-18-19(13-17)23-21(22-18)20(24)14-7-9-16(10-8-14)26-15-5-3-2-4-6-15/h2-13,20,24H,1H3,(H,22,23). The minimum absolute atomic E-state index is 0.491. The van der Waals surface area contributed by atoms with Gasteiger partial charge in [0, 0.05) is 6.07 Å². The van der Waals surface area contributed by atoms with Crippen LogP contribution in [0, 0.1) is 0 Å². The lowest BCUT2D eigenvalue weighted by Gasteiger charge is -2.10. The van der Waals surface area contributed by atoms with Crippen molar-refractivity contribution >= 4 is 11.0 Å². The second-order valence-corrected chi connectivity index (χ2v) is 5.89. The van der Waals surface area contributed by atoms with Gasteiger partial charge in [-0.25, -0.2) is 4.98 Å². The van der Waals surface area contributed by atoms with Gasteiger partial charge in [0.05, 0.1) is 18.1 Å². The summed E-state index contributed by atoms with van der Waals surface area (Å²) in [5.41, 5.74) is 2.34. The summed E-state index contributed by atoms with van der Waals surface area (Å²) in [6, 6.07) is 22.4. The van der Waals surface area contributed by atoms with Crippen molar-refractivity contribution in [2.75, 3.05) is 7.11 Å². The molecule has 3 aromatic carbocycles. The van der Waals surface area contributed by atoms with Crippen molar-refractivity contribution in [2.45, 2.75) is 6.10 Å². The van der Waals surface area contributed by atoms with E-state index in [1.54, 1.807) is 7.11 Å². The largest absolute Gasteiger partial charge is 0.497 e. The van der Waals surface area contributed by atoms with Gasteiger partial charge in [-0.15, -0.1) is 0 Å². The van der Waals surface area contributed by atoms with Crippen molar-refractivity contribution in [3.63, 3.8) is 0 Å². The summed E-state index contributed by atoms with van der Waals surface area (Å²) < 4.78 is 11.0. The Morgan fingerprint density at radius 3 is 2.31 bits per heavy atom. The topological polar surface area (TPSA) is 67.4 Å². The van der Waals surface area contributed by atoms with Gasteiger partial charge in [0.25, 0.3) is 0 Å². The summed E-state index contributed by atoms with van der Waals surface area (Å²) in [5, 5.41) is 10.6. The molecule has 0 saturated heterocycles. The number of aliphatic hydroxyl groups is 1. The first-order chi connectivity index (χ1) is 12.7. The number of aromatic amines is 1. The van der Waals surface area contributed by atoms with E-state index in [9.17, 15) is 5.11 Å². The Bertz CT molecular complexity index is 1010. The third-order valence-corrected chi connectivity index (χ3v) is 4.14. The first kappa shape index (κ1) is 16.2. The number of aliphatic hydroxyl groups excluding tert-OH is 1. The average molecular weight is 346 g/mol. The summed E-state index contributed by atoms with van der Waals surface area (Å²) in [4.78, 5) is 7.61. The van der Waals surface area contributed by atoms with Crippen LogP contribution in [0.5, 0.6) is 17.2 Å². The van der Waals surface area contributed by atoms with Gasteiger partial charge in [0.2, 0.25) is 0 Å². The molecule has 1 atom stereocenters. The number of nitrogens with one attached hydrogen (secondary N) is 1. The fourth-order valence-corrected chi connectivity index (χ4v) is 2.77. The number of methoxy groups -OCH3 is 1. The lowest BCUT2D eigenvalue weighted by atomic mass is 10.1. The molecule has 0 saturated carbocycles. The van der Waals surface area contributed by atoms with Gasteiger partial charge < -0.3 is 19.6 Å². The first-order valence-corrected chi connectivity index (χ1v) is 8.27. The van der Waals surface area contributed by atoms with Crippen LogP contribution in [0.2, 0.25) is 0 Å². The Morgan fingerprint density at radius 2 is 1.58 bits per heavy atom. The Kier molecular flexibility index (Phi) is 4.29. The zero-order valence-corrected chi connectivity index (χ0v) is 14.2. The Labute approximate surface area is 150 Å². The molecule has 5 heteroatoms. The molecule has 130 valence electrons. The van der Waals surface area contributed by atoms with Crippen LogP contribution in [0.25, 0.3) is 11.0 Å². The number of hydrogen-bond acceptors (Lipinski definition) is 4. The minimum atomic E-state index is -0.848. The van der Waals surface area contributed by atoms with E-state index in [0.29, 0.717) is 11.6 Å². The van der Waals surface area contributed by atoms with E-state index in [-0.39, 0.29) is 0 Å². The molecule has 0 radical (unpaired) electrons. The average Bonchev–Trinajstić information content (AvgIpc) is 3.12. The van der Waals surface area contributed by atoms with E-state index in [4.69, 9.17) is 9.47 Å². The molecule has 5 nitrogen and oxygen atoms in total. The van der Waals surface area contributed by atoms with Crippen LogP contribution in [-0.4, -0.2) is 22.2 Å². The molecule has 1 unspecified atom stereocenters. The predicted octanol–water partition coefficient (Wildman–Crippen LogP) is 4.45. The van der Waals surface area contributed by atoms with Crippen molar-refractivity contribution in [3.8, 4) is 17.2 Å². The lowest BCUT2D eigenvalue weighted by Crippen LogP contribution is -2.01. The molecular weight excluding hydrogens is 328 g/mol. The highest BCUT2D eigenvalue weighted by Crippen LogP contribution is 2.27. The smallest absolute Gasteiger partial charge is 0.140 e. The van der Waals surface area contributed by atoms with Gasteiger partial charge in [-0.1, -0.05) is 30.3 Å². The van der Waals surface area contributed by atoms with Crippen molar-refractivity contribution in [2.24, 2.45) is 0 Å². The number of nitrogens with zero attached hydrogens (tertiary/aromatic N) is 1. The number of benzene rings is 3. The molecule has 0 amide bonds. The maximum absolute atomic E-state index is 10.6. The van der Waals surface area contributed by atoms with E-state index in [2.05, 4.69) is 9.97 Å². The van der Waals surface area contributed by atoms with E-state index in [1.807, 2.05) is 72.8 Å². The molecule has 0 aliphatic heterocycles. The fraction of sp³-hybridized carbons (Fsp3) is 0.0952. The highest BCUT2D eigenvalue weighted by atomic mass is 16.5. The van der Waals surface area contributed by atoms with Gasteiger partial charge in [-0.3, -0.25) is 0 Å². The zero-order chi connectivity index (χ0) is 17.9. The lowest BCUT2D eigenvalue weighted by molar-refractivity contribution is 0.211. The summed E-state index contributed by atoms with van der Waals surface area (Å²) in [7, 11) is 1.62. The molecule has 0 aliphatic rings. The minimum Gasteiger partial charge on any atom is -0.497 e.